The van der Waals surface area contributed by atoms with E-state index in [1.807, 2.05) is 12.1 Å². The number of hydrogen-bond acceptors (Lipinski definition) is 5. The van der Waals surface area contributed by atoms with Crippen molar-refractivity contribution >= 4 is 5.82 Å². The standard InChI is InChI=1S/C21H27F3N4O/c22-21(23,24)16-5-6-20(25-13-16)28-9-1-3-18(14-28)26-17-7-10-27(11-8-17)15-19-4-2-12-29-19/h2,4-6,12-13,17-18,26H,1,3,7-11,14-15H2/t18-/m0/s1. The van der Waals surface area contributed by atoms with Crippen molar-refractivity contribution < 1.29 is 17.6 Å². The van der Waals surface area contributed by atoms with Crippen LogP contribution < -0.4 is 10.2 Å². The molecule has 0 spiro atoms. The highest BCUT2D eigenvalue weighted by atomic mass is 19.4. The maximum atomic E-state index is 12.7. The Kier molecular flexibility index (Phi) is 6.10. The first-order valence-corrected chi connectivity index (χ1v) is 10.3. The second kappa shape index (κ2) is 8.75. The van der Waals surface area contributed by atoms with Gasteiger partial charge in [0.1, 0.15) is 11.6 Å². The first kappa shape index (κ1) is 20.2. The number of hydrogen-bond donors (Lipinski definition) is 1. The van der Waals surface area contributed by atoms with Crippen molar-refractivity contribution in [3.05, 3.63) is 48.0 Å². The van der Waals surface area contributed by atoms with Crippen LogP contribution in [0.4, 0.5) is 19.0 Å². The fourth-order valence-corrected chi connectivity index (χ4v) is 4.28. The lowest BCUT2D eigenvalue weighted by Gasteiger charge is -2.38. The van der Waals surface area contributed by atoms with E-state index in [2.05, 4.69) is 20.1 Å². The number of halogens is 3. The lowest BCUT2D eigenvalue weighted by Crippen LogP contribution is -2.52. The summed E-state index contributed by atoms with van der Waals surface area (Å²) in [6, 6.07) is 7.36. The third-order valence-electron chi connectivity index (χ3n) is 5.84. The van der Waals surface area contributed by atoms with Gasteiger partial charge in [-0.05, 0) is 49.9 Å². The van der Waals surface area contributed by atoms with Gasteiger partial charge in [-0.25, -0.2) is 4.98 Å². The molecule has 2 aliphatic heterocycles. The van der Waals surface area contributed by atoms with Gasteiger partial charge in [0, 0.05) is 44.5 Å². The summed E-state index contributed by atoms with van der Waals surface area (Å²) < 4.78 is 43.7. The van der Waals surface area contributed by atoms with Gasteiger partial charge >= 0.3 is 6.18 Å². The summed E-state index contributed by atoms with van der Waals surface area (Å²) in [5, 5.41) is 3.77. The van der Waals surface area contributed by atoms with Crippen molar-refractivity contribution in [3.8, 4) is 0 Å². The molecule has 158 valence electrons. The lowest BCUT2D eigenvalue weighted by molar-refractivity contribution is -0.137. The average Bonchev–Trinajstić information content (AvgIpc) is 3.22. The summed E-state index contributed by atoms with van der Waals surface area (Å²) in [4.78, 5) is 8.56. The Bertz CT molecular complexity index is 755. The highest BCUT2D eigenvalue weighted by Crippen LogP contribution is 2.30. The topological polar surface area (TPSA) is 44.5 Å². The first-order valence-electron chi connectivity index (χ1n) is 10.3. The molecule has 0 radical (unpaired) electrons. The molecule has 0 saturated carbocycles. The second-order valence-corrected chi connectivity index (χ2v) is 7.98. The summed E-state index contributed by atoms with van der Waals surface area (Å²) >= 11 is 0. The number of likely N-dealkylation sites (tertiary alicyclic amines) is 1. The third kappa shape index (κ3) is 5.30. The van der Waals surface area contributed by atoms with E-state index in [0.29, 0.717) is 17.9 Å². The van der Waals surface area contributed by atoms with Crippen molar-refractivity contribution in [2.45, 2.75) is 50.5 Å². The van der Waals surface area contributed by atoms with Crippen molar-refractivity contribution in [2.75, 3.05) is 31.1 Å². The maximum absolute atomic E-state index is 12.7. The Morgan fingerprint density at radius 3 is 2.55 bits per heavy atom. The quantitative estimate of drug-likeness (QED) is 0.813. The molecule has 0 bridgehead atoms. The zero-order valence-electron chi connectivity index (χ0n) is 16.4. The van der Waals surface area contributed by atoms with E-state index in [0.717, 1.165) is 76.4 Å². The van der Waals surface area contributed by atoms with Gasteiger partial charge in [-0.15, -0.1) is 0 Å². The second-order valence-electron chi connectivity index (χ2n) is 7.98. The molecule has 2 aromatic rings. The molecule has 2 saturated heterocycles. The van der Waals surface area contributed by atoms with Gasteiger partial charge in [-0.1, -0.05) is 0 Å². The summed E-state index contributed by atoms with van der Waals surface area (Å²) in [6.07, 6.45) is 2.58. The van der Waals surface area contributed by atoms with Gasteiger partial charge in [0.2, 0.25) is 0 Å². The van der Waals surface area contributed by atoms with E-state index >= 15 is 0 Å². The van der Waals surface area contributed by atoms with Gasteiger partial charge in [0.05, 0.1) is 18.4 Å². The predicted molar refractivity (Wildman–Crippen MR) is 105 cm³/mol. The SMILES string of the molecule is FC(F)(F)c1ccc(N2CCC[C@H](NC3CCN(Cc4ccco4)CC3)C2)nc1. The zero-order chi connectivity index (χ0) is 20.3. The van der Waals surface area contributed by atoms with Crippen LogP contribution in [0.2, 0.25) is 0 Å². The summed E-state index contributed by atoms with van der Waals surface area (Å²) in [7, 11) is 0. The number of nitrogens with zero attached hydrogens (tertiary/aromatic N) is 3. The van der Waals surface area contributed by atoms with E-state index < -0.39 is 11.7 Å². The van der Waals surface area contributed by atoms with E-state index in [9.17, 15) is 13.2 Å². The van der Waals surface area contributed by atoms with Crippen LogP contribution in [0.3, 0.4) is 0 Å². The molecular formula is C21H27F3N4O. The molecule has 0 aromatic carbocycles. The van der Waals surface area contributed by atoms with Gasteiger partial charge < -0.3 is 14.6 Å². The molecule has 2 aliphatic rings. The highest BCUT2D eigenvalue weighted by molar-refractivity contribution is 5.40. The molecule has 29 heavy (non-hydrogen) atoms. The van der Waals surface area contributed by atoms with Crippen LogP contribution in [0.15, 0.2) is 41.1 Å². The fourth-order valence-electron chi connectivity index (χ4n) is 4.28. The minimum absolute atomic E-state index is 0.342. The van der Waals surface area contributed by atoms with E-state index in [4.69, 9.17) is 4.42 Å². The summed E-state index contributed by atoms with van der Waals surface area (Å²) in [6.45, 7) is 4.55. The fraction of sp³-hybridized carbons (Fsp3) is 0.571. The number of alkyl halides is 3. The van der Waals surface area contributed by atoms with Crippen molar-refractivity contribution in [3.63, 3.8) is 0 Å². The normalized spacial score (nSPS) is 22.2. The van der Waals surface area contributed by atoms with Gasteiger partial charge in [-0.2, -0.15) is 13.2 Å². The van der Waals surface area contributed by atoms with E-state index in [1.54, 1.807) is 6.26 Å². The molecule has 0 amide bonds. The Morgan fingerprint density at radius 2 is 1.90 bits per heavy atom. The highest BCUT2D eigenvalue weighted by Gasteiger charge is 2.31. The first-order chi connectivity index (χ1) is 14.0. The Hall–Kier alpha value is -2.06. The van der Waals surface area contributed by atoms with Crippen molar-refractivity contribution in [1.29, 1.82) is 0 Å². The maximum Gasteiger partial charge on any atom is 0.417 e. The minimum atomic E-state index is -4.34. The largest absolute Gasteiger partial charge is 0.468 e. The molecule has 0 aliphatic carbocycles. The van der Waals surface area contributed by atoms with Crippen LogP contribution in [0.5, 0.6) is 0 Å². The van der Waals surface area contributed by atoms with Gasteiger partial charge in [0.15, 0.2) is 0 Å². The summed E-state index contributed by atoms with van der Waals surface area (Å²) in [5.74, 6) is 1.63. The van der Waals surface area contributed by atoms with Crippen LogP contribution in [0, 0.1) is 0 Å². The minimum Gasteiger partial charge on any atom is -0.468 e. The third-order valence-corrected chi connectivity index (χ3v) is 5.84. The number of aromatic nitrogens is 1. The lowest BCUT2D eigenvalue weighted by atomic mass is 10.00. The number of rotatable bonds is 5. The molecule has 8 heteroatoms. The molecule has 2 aromatic heterocycles. The van der Waals surface area contributed by atoms with Crippen LogP contribution >= 0.6 is 0 Å². The molecule has 4 rings (SSSR count). The van der Waals surface area contributed by atoms with E-state index in [-0.39, 0.29) is 0 Å². The smallest absolute Gasteiger partial charge is 0.417 e. The number of anilines is 1. The Balaban J connectivity index is 1.26. The van der Waals surface area contributed by atoms with Crippen LogP contribution in [-0.2, 0) is 12.7 Å². The number of piperidine rings is 2. The molecule has 0 unspecified atom stereocenters. The molecule has 2 fully saturated rings. The summed E-state index contributed by atoms with van der Waals surface area (Å²) in [5.41, 5.74) is -0.700. The average molecular weight is 408 g/mol. The molecule has 5 nitrogen and oxygen atoms in total. The monoisotopic (exact) mass is 408 g/mol. The number of pyridine rings is 1. The van der Waals surface area contributed by atoms with Crippen molar-refractivity contribution in [2.24, 2.45) is 0 Å². The predicted octanol–water partition coefficient (Wildman–Crippen LogP) is 3.92. The van der Waals surface area contributed by atoms with E-state index in [1.165, 1.54) is 6.07 Å². The van der Waals surface area contributed by atoms with Gasteiger partial charge in [-0.3, -0.25) is 4.90 Å². The molecular weight excluding hydrogens is 381 g/mol. The molecule has 4 heterocycles. The van der Waals surface area contributed by atoms with Gasteiger partial charge in [0.25, 0.3) is 0 Å². The van der Waals surface area contributed by atoms with Crippen LogP contribution in [0.25, 0.3) is 0 Å². The number of nitrogens with one attached hydrogen (secondary N) is 1. The van der Waals surface area contributed by atoms with Crippen LogP contribution in [-0.4, -0.2) is 48.1 Å². The Labute approximate surface area is 168 Å². The van der Waals surface area contributed by atoms with Crippen LogP contribution in [0.1, 0.15) is 37.0 Å². The van der Waals surface area contributed by atoms with Crippen molar-refractivity contribution in [1.82, 2.24) is 15.2 Å². The Morgan fingerprint density at radius 1 is 1.07 bits per heavy atom. The molecule has 1 atom stereocenters. The number of furan rings is 1. The molecule has 1 N–H and O–H groups in total. The zero-order valence-corrected chi connectivity index (χ0v) is 16.4.